The van der Waals surface area contributed by atoms with Gasteiger partial charge in [-0.1, -0.05) is 42.5 Å². The Morgan fingerprint density at radius 1 is 1.03 bits per heavy atom. The normalized spacial score (nSPS) is 22.2. The van der Waals surface area contributed by atoms with Crippen molar-refractivity contribution in [1.29, 1.82) is 15.8 Å². The molecule has 1 heterocycles. The number of allylic oxidation sites excluding steroid dienone is 2. The zero-order chi connectivity index (χ0) is 22.9. The van der Waals surface area contributed by atoms with Crippen LogP contribution in [-0.2, 0) is 6.54 Å². The van der Waals surface area contributed by atoms with Crippen molar-refractivity contribution in [2.24, 2.45) is 17.1 Å². The summed E-state index contributed by atoms with van der Waals surface area (Å²) in [5, 5.41) is 29.9. The second-order valence-corrected chi connectivity index (χ2v) is 8.03. The average Bonchev–Trinajstić information content (AvgIpc) is 2.81. The quantitative estimate of drug-likeness (QED) is 0.801. The van der Waals surface area contributed by atoms with E-state index in [0.29, 0.717) is 30.8 Å². The van der Waals surface area contributed by atoms with Crippen molar-refractivity contribution in [3.63, 3.8) is 0 Å². The lowest BCUT2D eigenvalue weighted by molar-refractivity contribution is 0.201. The van der Waals surface area contributed by atoms with E-state index in [4.69, 9.17) is 5.73 Å². The van der Waals surface area contributed by atoms with E-state index in [0.717, 1.165) is 17.7 Å². The molecule has 0 fully saturated rings. The Labute approximate surface area is 184 Å². The molecule has 1 aliphatic heterocycles. The van der Waals surface area contributed by atoms with Crippen LogP contribution in [0.25, 0.3) is 0 Å². The van der Waals surface area contributed by atoms with Crippen LogP contribution in [0.3, 0.4) is 0 Å². The molecule has 0 bridgehead atoms. The molecule has 158 valence electrons. The Bertz CT molecular complexity index is 1230. The van der Waals surface area contributed by atoms with Crippen LogP contribution in [0.4, 0.5) is 8.78 Å². The Morgan fingerprint density at radius 3 is 2.38 bits per heavy atom. The predicted octanol–water partition coefficient (Wildman–Crippen LogP) is 3.89. The Hall–Kier alpha value is -3.99. The van der Waals surface area contributed by atoms with Gasteiger partial charge in [0.1, 0.15) is 6.07 Å². The van der Waals surface area contributed by atoms with Crippen molar-refractivity contribution in [3.05, 3.63) is 94.2 Å². The summed E-state index contributed by atoms with van der Waals surface area (Å²) in [6.07, 6.45) is 1.88. The first-order valence-corrected chi connectivity index (χ1v) is 10.1. The minimum absolute atomic E-state index is 0.122. The fourth-order valence-electron chi connectivity index (χ4n) is 4.79. The fourth-order valence-corrected chi connectivity index (χ4v) is 4.79. The molecule has 32 heavy (non-hydrogen) atoms. The van der Waals surface area contributed by atoms with E-state index in [1.54, 1.807) is 0 Å². The molecular formula is C25H19F2N5. The molecule has 0 saturated heterocycles. The van der Waals surface area contributed by atoms with Gasteiger partial charge in [-0.15, -0.1) is 0 Å². The van der Waals surface area contributed by atoms with E-state index in [-0.39, 0.29) is 11.3 Å². The molecule has 5 nitrogen and oxygen atoms in total. The summed E-state index contributed by atoms with van der Waals surface area (Å²) in [6.45, 7) is 1.60. The Morgan fingerprint density at radius 2 is 1.75 bits per heavy atom. The van der Waals surface area contributed by atoms with Crippen LogP contribution >= 0.6 is 0 Å². The molecule has 0 saturated carbocycles. The molecule has 1 aliphatic carbocycles. The van der Waals surface area contributed by atoms with Crippen molar-refractivity contribution in [2.45, 2.75) is 12.5 Å². The first-order chi connectivity index (χ1) is 15.4. The van der Waals surface area contributed by atoms with Crippen molar-refractivity contribution in [1.82, 2.24) is 4.90 Å². The molecule has 2 aliphatic rings. The molecule has 0 amide bonds. The summed E-state index contributed by atoms with van der Waals surface area (Å²) in [5.74, 6) is -3.42. The minimum Gasteiger partial charge on any atom is -0.399 e. The van der Waals surface area contributed by atoms with Crippen LogP contribution in [0.15, 0.2) is 71.5 Å². The molecule has 2 N–H and O–H groups in total. The van der Waals surface area contributed by atoms with Gasteiger partial charge in [0.2, 0.25) is 0 Å². The van der Waals surface area contributed by atoms with Crippen LogP contribution in [0, 0.1) is 57.0 Å². The van der Waals surface area contributed by atoms with Gasteiger partial charge < -0.3 is 5.73 Å². The highest BCUT2D eigenvalue weighted by Crippen LogP contribution is 2.54. The number of nitrogens with zero attached hydrogens (tertiary/aromatic N) is 4. The second kappa shape index (κ2) is 8.27. The van der Waals surface area contributed by atoms with Gasteiger partial charge in [-0.3, -0.25) is 4.90 Å². The topological polar surface area (TPSA) is 101 Å². The van der Waals surface area contributed by atoms with Gasteiger partial charge in [0.15, 0.2) is 17.0 Å². The van der Waals surface area contributed by atoms with E-state index < -0.39 is 28.9 Å². The standard InChI is InChI=1S/C25H19F2N5/c26-21-7-6-17(10-22(21)27)23-20-13-32(12-16-4-2-1-3-5-16)9-8-18(20)19(11-28)24(31)25(23,14-29)15-30/h1-8,10,20,23H,9,12-13,31H2/t20-,23+/m0/s1. The third-order valence-electron chi connectivity index (χ3n) is 6.29. The lowest BCUT2D eigenvalue weighted by atomic mass is 9.58. The Balaban J connectivity index is 1.86. The lowest BCUT2D eigenvalue weighted by Crippen LogP contribution is -2.47. The number of fused-ring (bicyclic) bond motifs is 1. The molecule has 7 heteroatoms. The maximum absolute atomic E-state index is 14.2. The fraction of sp³-hybridized carbons (Fsp3) is 0.240. The van der Waals surface area contributed by atoms with Crippen LogP contribution in [0.5, 0.6) is 0 Å². The van der Waals surface area contributed by atoms with E-state index in [9.17, 15) is 24.6 Å². The smallest absolute Gasteiger partial charge is 0.191 e. The van der Waals surface area contributed by atoms with E-state index in [2.05, 4.69) is 11.0 Å². The van der Waals surface area contributed by atoms with E-state index in [1.807, 2.05) is 48.5 Å². The molecule has 0 aromatic heterocycles. The number of nitrogens with two attached hydrogens (primary N) is 1. The number of benzene rings is 2. The molecule has 0 radical (unpaired) electrons. The first kappa shape index (κ1) is 21.2. The molecule has 2 atom stereocenters. The van der Waals surface area contributed by atoms with Gasteiger partial charge in [0.05, 0.1) is 23.4 Å². The number of halogens is 2. The summed E-state index contributed by atoms with van der Waals surface area (Å²) in [7, 11) is 0. The van der Waals surface area contributed by atoms with Crippen molar-refractivity contribution in [3.8, 4) is 18.2 Å². The number of hydrogen-bond acceptors (Lipinski definition) is 5. The van der Waals surface area contributed by atoms with Crippen LogP contribution in [0.2, 0.25) is 0 Å². The van der Waals surface area contributed by atoms with Crippen LogP contribution in [-0.4, -0.2) is 18.0 Å². The molecule has 2 aromatic carbocycles. The van der Waals surface area contributed by atoms with E-state index >= 15 is 0 Å². The first-order valence-electron chi connectivity index (χ1n) is 10.1. The summed E-state index contributed by atoms with van der Waals surface area (Å²) in [4.78, 5) is 2.13. The predicted molar refractivity (Wildman–Crippen MR) is 113 cm³/mol. The van der Waals surface area contributed by atoms with Crippen molar-refractivity contribution < 1.29 is 8.78 Å². The maximum Gasteiger partial charge on any atom is 0.191 e. The highest BCUT2D eigenvalue weighted by molar-refractivity contribution is 5.59. The lowest BCUT2D eigenvalue weighted by Gasteiger charge is -2.45. The number of rotatable bonds is 3. The largest absolute Gasteiger partial charge is 0.399 e. The molecule has 0 spiro atoms. The molecule has 2 aromatic rings. The SMILES string of the molecule is N#CC1=C(N)C(C#N)(C#N)[C@H](c2ccc(F)c(F)c2)[C@H]2CN(Cc3ccccc3)CC=C12. The summed E-state index contributed by atoms with van der Waals surface area (Å²) >= 11 is 0. The van der Waals surface area contributed by atoms with Gasteiger partial charge in [-0.25, -0.2) is 8.78 Å². The third kappa shape index (κ3) is 3.32. The van der Waals surface area contributed by atoms with Gasteiger partial charge in [-0.05, 0) is 28.8 Å². The van der Waals surface area contributed by atoms with Crippen molar-refractivity contribution >= 4 is 0 Å². The van der Waals surface area contributed by atoms with Crippen LogP contribution in [0.1, 0.15) is 17.0 Å². The summed E-state index contributed by atoms with van der Waals surface area (Å²) < 4.78 is 27.8. The molecule has 4 rings (SSSR count). The minimum atomic E-state index is -1.88. The van der Waals surface area contributed by atoms with Crippen molar-refractivity contribution in [2.75, 3.05) is 13.1 Å². The molecular weight excluding hydrogens is 408 g/mol. The zero-order valence-corrected chi connectivity index (χ0v) is 17.1. The summed E-state index contributed by atoms with van der Waals surface area (Å²) in [6, 6.07) is 19.3. The van der Waals surface area contributed by atoms with Gasteiger partial charge in [0.25, 0.3) is 0 Å². The zero-order valence-electron chi connectivity index (χ0n) is 17.1. The maximum atomic E-state index is 14.2. The monoisotopic (exact) mass is 427 g/mol. The highest BCUT2D eigenvalue weighted by atomic mass is 19.2. The van der Waals surface area contributed by atoms with Gasteiger partial charge >= 0.3 is 0 Å². The van der Waals surface area contributed by atoms with Gasteiger partial charge in [-0.2, -0.15) is 15.8 Å². The number of nitriles is 3. The Kier molecular flexibility index (Phi) is 5.49. The van der Waals surface area contributed by atoms with Crippen LogP contribution < -0.4 is 5.73 Å². The summed E-state index contributed by atoms with van der Waals surface area (Å²) in [5.41, 5.74) is 6.37. The van der Waals surface area contributed by atoms with E-state index in [1.165, 1.54) is 6.07 Å². The molecule has 0 unspecified atom stereocenters. The average molecular weight is 427 g/mol. The third-order valence-corrected chi connectivity index (χ3v) is 6.29. The second-order valence-electron chi connectivity index (χ2n) is 8.03. The van der Waals surface area contributed by atoms with Gasteiger partial charge in [0, 0.05) is 31.5 Å². The number of hydrogen-bond donors (Lipinski definition) is 1. The highest BCUT2D eigenvalue weighted by Gasteiger charge is 2.54.